The number of carbonyl (C=O) groups excluding carboxylic acids is 1. The molecule has 0 unspecified atom stereocenters. The molecule has 0 heterocycles. The molecule has 0 aromatic heterocycles. The molecule has 0 bridgehead atoms. The number of Topliss-reactive ketones (excluding diaryl/α,β-unsaturated/α-hetero) is 1. The monoisotopic (exact) mass is 226 g/mol. The van der Waals surface area contributed by atoms with Crippen LogP contribution < -0.4 is 0 Å². The van der Waals surface area contributed by atoms with E-state index in [1.807, 2.05) is 0 Å². The second kappa shape index (κ2) is 6.71. The lowest BCUT2D eigenvalue weighted by atomic mass is 10.1. The van der Waals surface area contributed by atoms with Crippen LogP contribution in [0.2, 0.25) is 0 Å². The number of phenols is 3. The quantitative estimate of drug-likeness (QED) is 0.677. The smallest absolute Gasteiger partial charge is 0.167 e. The van der Waals surface area contributed by atoms with Gasteiger partial charge in [-0.1, -0.05) is 26.7 Å². The second-order valence-electron chi connectivity index (χ2n) is 3.42. The number of aromatic hydroxyl groups is 3. The number of carbonyl (C=O) groups is 1. The molecular formula is C12H18O4. The topological polar surface area (TPSA) is 77.8 Å². The van der Waals surface area contributed by atoms with Crippen molar-refractivity contribution in [2.24, 2.45) is 0 Å². The highest BCUT2D eigenvalue weighted by Gasteiger charge is 2.13. The van der Waals surface area contributed by atoms with Crippen molar-refractivity contribution >= 4 is 5.78 Å². The normalized spacial score (nSPS) is 9.19. The number of unbranched alkanes of at least 4 members (excludes halogenated alkanes) is 1. The zero-order valence-electron chi connectivity index (χ0n) is 9.82. The lowest BCUT2D eigenvalue weighted by molar-refractivity contribution is 0.101. The summed E-state index contributed by atoms with van der Waals surface area (Å²) in [4.78, 5) is 10.8. The summed E-state index contributed by atoms with van der Waals surface area (Å²) in [5.74, 6) is -1.57. The average molecular weight is 226 g/mol. The van der Waals surface area contributed by atoms with Crippen LogP contribution in [0.3, 0.4) is 0 Å². The summed E-state index contributed by atoms with van der Waals surface area (Å²) in [6, 6.07) is 1.99. The van der Waals surface area contributed by atoms with E-state index in [1.54, 1.807) is 0 Å². The zero-order valence-corrected chi connectivity index (χ0v) is 9.82. The molecule has 0 amide bonds. The number of hydrogen-bond acceptors (Lipinski definition) is 4. The van der Waals surface area contributed by atoms with Gasteiger partial charge in [-0.05, 0) is 6.92 Å². The van der Waals surface area contributed by atoms with Crippen LogP contribution in [-0.4, -0.2) is 21.1 Å². The summed E-state index contributed by atoms with van der Waals surface area (Å²) in [7, 11) is 0. The molecule has 4 nitrogen and oxygen atoms in total. The number of benzene rings is 1. The third kappa shape index (κ3) is 4.21. The van der Waals surface area contributed by atoms with Gasteiger partial charge in [0.2, 0.25) is 0 Å². The predicted molar refractivity (Wildman–Crippen MR) is 62.0 cm³/mol. The fourth-order valence-corrected chi connectivity index (χ4v) is 0.958. The van der Waals surface area contributed by atoms with Gasteiger partial charge in [-0.15, -0.1) is 0 Å². The SMILES string of the molecule is CC(=O)c1c(O)cc(O)cc1O.CCCC. The Kier molecular flexibility index (Phi) is 6.00. The average Bonchev–Trinajstić information content (AvgIpc) is 2.15. The number of rotatable bonds is 2. The van der Waals surface area contributed by atoms with Gasteiger partial charge in [0, 0.05) is 12.1 Å². The highest BCUT2D eigenvalue weighted by Crippen LogP contribution is 2.31. The van der Waals surface area contributed by atoms with Crippen molar-refractivity contribution < 1.29 is 20.1 Å². The number of ketones is 1. The summed E-state index contributed by atoms with van der Waals surface area (Å²) < 4.78 is 0. The molecule has 0 saturated carbocycles. The molecule has 90 valence electrons. The van der Waals surface area contributed by atoms with Crippen LogP contribution in [0.4, 0.5) is 0 Å². The standard InChI is InChI=1S/C8H8O4.C4H10/c1-4(9)8-6(11)2-5(10)3-7(8)12;1-3-4-2/h2-3,10-12H,1H3;3-4H2,1-2H3. The maximum Gasteiger partial charge on any atom is 0.167 e. The Hall–Kier alpha value is -1.71. The fraction of sp³-hybridized carbons (Fsp3) is 0.417. The maximum atomic E-state index is 10.8. The largest absolute Gasteiger partial charge is 0.508 e. The van der Waals surface area contributed by atoms with Gasteiger partial charge in [0.1, 0.15) is 22.8 Å². The summed E-state index contributed by atoms with van der Waals surface area (Å²) in [6.07, 6.45) is 2.64. The van der Waals surface area contributed by atoms with Crippen LogP contribution in [0.1, 0.15) is 44.0 Å². The first-order chi connectivity index (χ1) is 7.43. The Bertz CT molecular complexity index is 333. The van der Waals surface area contributed by atoms with Crippen molar-refractivity contribution in [2.75, 3.05) is 0 Å². The molecule has 1 rings (SSSR count). The molecule has 0 radical (unpaired) electrons. The molecule has 16 heavy (non-hydrogen) atoms. The van der Waals surface area contributed by atoms with Gasteiger partial charge in [0.25, 0.3) is 0 Å². The lowest BCUT2D eigenvalue weighted by Crippen LogP contribution is -1.92. The van der Waals surface area contributed by atoms with Crippen LogP contribution >= 0.6 is 0 Å². The van der Waals surface area contributed by atoms with Gasteiger partial charge in [-0.25, -0.2) is 0 Å². The molecule has 0 spiro atoms. The van der Waals surface area contributed by atoms with Crippen LogP contribution in [0.15, 0.2) is 12.1 Å². The van der Waals surface area contributed by atoms with Gasteiger partial charge in [0.15, 0.2) is 5.78 Å². The minimum atomic E-state index is -0.454. The van der Waals surface area contributed by atoms with Gasteiger partial charge in [0.05, 0.1) is 0 Å². The highest BCUT2D eigenvalue weighted by molar-refractivity contribution is 5.99. The molecule has 0 fully saturated rings. The van der Waals surface area contributed by atoms with Crippen molar-refractivity contribution in [3.63, 3.8) is 0 Å². The van der Waals surface area contributed by atoms with E-state index in [4.69, 9.17) is 15.3 Å². The minimum absolute atomic E-state index is 0.173. The minimum Gasteiger partial charge on any atom is -0.508 e. The van der Waals surface area contributed by atoms with E-state index >= 15 is 0 Å². The second-order valence-corrected chi connectivity index (χ2v) is 3.42. The first-order valence-electron chi connectivity index (χ1n) is 5.19. The van der Waals surface area contributed by atoms with Crippen LogP contribution in [0.25, 0.3) is 0 Å². The van der Waals surface area contributed by atoms with Crippen molar-refractivity contribution in [1.29, 1.82) is 0 Å². The number of phenolic OH excluding ortho intramolecular Hbond substituents is 3. The van der Waals surface area contributed by atoms with Crippen molar-refractivity contribution in [1.82, 2.24) is 0 Å². The van der Waals surface area contributed by atoms with E-state index in [0.29, 0.717) is 0 Å². The van der Waals surface area contributed by atoms with Crippen LogP contribution in [-0.2, 0) is 0 Å². The first-order valence-corrected chi connectivity index (χ1v) is 5.19. The first kappa shape index (κ1) is 14.3. The summed E-state index contributed by atoms with van der Waals surface area (Å²) in [5, 5.41) is 27.1. The van der Waals surface area contributed by atoms with E-state index in [-0.39, 0.29) is 11.3 Å². The lowest BCUT2D eigenvalue weighted by Gasteiger charge is -2.03. The molecular weight excluding hydrogens is 208 g/mol. The van der Waals surface area contributed by atoms with Crippen molar-refractivity contribution in [2.45, 2.75) is 33.6 Å². The van der Waals surface area contributed by atoms with E-state index in [1.165, 1.54) is 19.8 Å². The zero-order chi connectivity index (χ0) is 12.7. The van der Waals surface area contributed by atoms with Crippen molar-refractivity contribution in [3.05, 3.63) is 17.7 Å². The molecule has 1 aromatic carbocycles. The highest BCUT2D eigenvalue weighted by atomic mass is 16.3. The molecule has 0 aliphatic rings. The van der Waals surface area contributed by atoms with E-state index in [9.17, 15) is 4.79 Å². The molecule has 0 aliphatic heterocycles. The van der Waals surface area contributed by atoms with Crippen LogP contribution in [0.5, 0.6) is 17.2 Å². The molecule has 0 saturated heterocycles. The molecule has 4 heteroatoms. The predicted octanol–water partition coefficient (Wildman–Crippen LogP) is 2.81. The van der Waals surface area contributed by atoms with Crippen molar-refractivity contribution in [3.8, 4) is 17.2 Å². The molecule has 0 atom stereocenters. The Morgan fingerprint density at radius 3 is 1.69 bits per heavy atom. The Balaban J connectivity index is 0.000000487. The number of hydrogen-bond donors (Lipinski definition) is 3. The third-order valence-corrected chi connectivity index (χ3v) is 1.93. The van der Waals surface area contributed by atoms with E-state index in [0.717, 1.165) is 12.1 Å². The third-order valence-electron chi connectivity index (χ3n) is 1.93. The molecule has 3 N–H and O–H groups in total. The van der Waals surface area contributed by atoms with Gasteiger partial charge in [-0.2, -0.15) is 0 Å². The summed E-state index contributed by atoms with van der Waals surface area (Å²) in [5.41, 5.74) is -0.173. The maximum absolute atomic E-state index is 10.8. The Labute approximate surface area is 95.2 Å². The fourth-order valence-electron chi connectivity index (χ4n) is 0.958. The summed E-state index contributed by atoms with van der Waals surface area (Å²) >= 11 is 0. The summed E-state index contributed by atoms with van der Waals surface area (Å²) in [6.45, 7) is 5.58. The van der Waals surface area contributed by atoms with Crippen LogP contribution in [0, 0.1) is 0 Å². The van der Waals surface area contributed by atoms with Gasteiger partial charge < -0.3 is 15.3 Å². The van der Waals surface area contributed by atoms with Gasteiger partial charge >= 0.3 is 0 Å². The van der Waals surface area contributed by atoms with E-state index < -0.39 is 17.3 Å². The van der Waals surface area contributed by atoms with E-state index in [2.05, 4.69) is 13.8 Å². The van der Waals surface area contributed by atoms with Gasteiger partial charge in [-0.3, -0.25) is 4.79 Å². The Morgan fingerprint density at radius 2 is 1.44 bits per heavy atom. The molecule has 1 aromatic rings. The Morgan fingerprint density at radius 1 is 1.06 bits per heavy atom. The molecule has 0 aliphatic carbocycles.